The molecule has 2 aromatic heterocycles. The number of fused-ring (bicyclic) bond motifs is 5. The Morgan fingerprint density at radius 2 is 0.828 bits per heavy atom. The fourth-order valence-electron chi connectivity index (χ4n) is 10.7. The number of nitrogens with one attached hydrogen (secondary N) is 1. The molecule has 0 bridgehead atoms. The number of rotatable bonds is 8. The quantitative estimate of drug-likeness (QED) is 0.0886. The van der Waals surface area contributed by atoms with Gasteiger partial charge >= 0.3 is 7.12 Å². The van der Waals surface area contributed by atoms with Crippen LogP contribution in [-0.2, 0) is 9.31 Å². The predicted molar refractivity (Wildman–Crippen MR) is 369 cm³/mol. The summed E-state index contributed by atoms with van der Waals surface area (Å²) in [7, 11) is -0.379. The summed E-state index contributed by atoms with van der Waals surface area (Å²) in [6, 6.07) is 92.7. The largest absolute Gasteiger partial charge is 0.494 e. The van der Waals surface area contributed by atoms with Gasteiger partial charge in [0.15, 0.2) is 0 Å². The van der Waals surface area contributed by atoms with E-state index in [9.17, 15) is 4.79 Å². The highest BCUT2D eigenvalue weighted by atomic mass is 79.9. The molecule has 12 heteroatoms. The minimum Gasteiger partial charge on any atom is -0.399 e. The van der Waals surface area contributed by atoms with Gasteiger partial charge in [-0.3, -0.25) is 13.9 Å². The molecule has 87 heavy (non-hydrogen) atoms. The van der Waals surface area contributed by atoms with E-state index in [4.69, 9.17) is 25.0 Å². The van der Waals surface area contributed by atoms with Gasteiger partial charge in [0.05, 0.1) is 56.0 Å². The molecule has 1 fully saturated rings. The summed E-state index contributed by atoms with van der Waals surface area (Å²) < 4.78 is 19.1. The predicted octanol–water partition coefficient (Wildman–Crippen LogP) is 19.2. The maximum absolute atomic E-state index is 10.1. The zero-order valence-corrected chi connectivity index (χ0v) is 51.7. The lowest BCUT2D eigenvalue weighted by atomic mass is 9.79. The van der Waals surface area contributed by atoms with Crippen LogP contribution in [0.25, 0.3) is 88.5 Å². The van der Waals surface area contributed by atoms with Crippen molar-refractivity contribution in [3.63, 3.8) is 0 Å². The number of nitrogens with two attached hydrogens (primary N) is 1. The van der Waals surface area contributed by atoms with Crippen LogP contribution in [0.2, 0.25) is 0 Å². The molecule has 0 spiro atoms. The highest BCUT2D eigenvalue weighted by Gasteiger charge is 2.51. The number of benzene rings is 12. The molecule has 426 valence electrons. The Balaban J connectivity index is 0.000000123. The first-order valence-electron chi connectivity index (χ1n) is 28.8. The first-order valence-corrected chi connectivity index (χ1v) is 30.3. The van der Waals surface area contributed by atoms with E-state index in [0.29, 0.717) is 5.56 Å². The molecule has 0 amide bonds. The summed E-state index contributed by atoms with van der Waals surface area (Å²) in [6.07, 6.45) is 0.826. The number of para-hydroxylation sites is 6. The fraction of sp³-hybridized carbons (Fsp3) is 0.0800. The third-order valence-corrected chi connectivity index (χ3v) is 17.0. The molecule has 1 aliphatic rings. The van der Waals surface area contributed by atoms with E-state index in [2.05, 4.69) is 268 Å². The van der Waals surface area contributed by atoms with E-state index in [-0.39, 0.29) is 18.3 Å². The van der Waals surface area contributed by atoms with Gasteiger partial charge in [0.25, 0.3) is 0 Å². The number of aromatic nitrogens is 4. The number of aldehydes is 1. The Morgan fingerprint density at radius 3 is 1.33 bits per heavy atom. The molecule has 1 saturated heterocycles. The van der Waals surface area contributed by atoms with Gasteiger partial charge in [-0.1, -0.05) is 226 Å². The lowest BCUT2D eigenvalue weighted by molar-refractivity contribution is 0.00578. The number of halogens is 2. The second-order valence-electron chi connectivity index (χ2n) is 22.1. The molecular formula is C75H61BBr2N6O3. The number of anilines is 3. The number of nitrogen functional groups attached to an aromatic ring is 1. The molecule has 3 N–H and O–H groups in total. The molecule has 0 atom stereocenters. The number of hydrogen-bond donors (Lipinski definition) is 2. The van der Waals surface area contributed by atoms with Gasteiger partial charge in [0.1, 0.15) is 17.9 Å². The van der Waals surface area contributed by atoms with Crippen molar-refractivity contribution in [3.05, 3.63) is 287 Å². The highest BCUT2D eigenvalue weighted by Crippen LogP contribution is 2.38. The summed E-state index contributed by atoms with van der Waals surface area (Å²) in [6.45, 7) is 8.31. The lowest BCUT2D eigenvalue weighted by Crippen LogP contribution is -2.41. The lowest BCUT2D eigenvalue weighted by Gasteiger charge is -2.32. The molecule has 15 rings (SSSR count). The van der Waals surface area contributed by atoms with Crippen LogP contribution in [0.1, 0.15) is 38.1 Å². The van der Waals surface area contributed by atoms with Crippen molar-refractivity contribution in [2.45, 2.75) is 38.9 Å². The average Bonchev–Trinajstić information content (AvgIpc) is 1.84. The number of hydrogen-bond acceptors (Lipinski definition) is 7. The molecule has 0 radical (unpaired) electrons. The van der Waals surface area contributed by atoms with E-state index in [1.807, 2.05) is 66.7 Å². The van der Waals surface area contributed by atoms with Crippen molar-refractivity contribution in [1.29, 1.82) is 0 Å². The van der Waals surface area contributed by atoms with Crippen LogP contribution in [0.3, 0.4) is 0 Å². The second kappa shape index (κ2) is 25.3. The van der Waals surface area contributed by atoms with Crippen LogP contribution in [0, 0.1) is 0 Å². The van der Waals surface area contributed by atoms with Crippen molar-refractivity contribution in [2.75, 3.05) is 11.1 Å². The van der Waals surface area contributed by atoms with Gasteiger partial charge in [-0.2, -0.15) is 0 Å². The van der Waals surface area contributed by atoms with Crippen LogP contribution < -0.4 is 16.5 Å². The van der Waals surface area contributed by atoms with Crippen molar-refractivity contribution < 1.29 is 14.1 Å². The number of carbonyl (C=O) groups excluding carboxylic acids is 1. The van der Waals surface area contributed by atoms with Gasteiger partial charge < -0.3 is 20.4 Å². The van der Waals surface area contributed by atoms with E-state index in [1.165, 1.54) is 32.3 Å². The standard InChI is InChI=1S/C29H27BN2O2.C23H15BrN2.C16H14N2.C7H5BrO/c1-28(2)29(3,4)34-30(33-28)22-18-16-21(17-19-22)27-31-24-13-7-8-14-26(24)32(27)25-15-9-11-20-10-5-6-12-23(20)25;24-18-14-12-17(13-15-18)23-25-20-9-3-4-10-22(20)26(23)21-11-5-7-16-6-1-2-8-19(16)21;17-14-9-3-4-10-16(14)18-15-11-5-7-12-6-1-2-8-13(12)15;8-7-3-1-6(5-9)2-4-7/h5-19H,1-4H3;1-15H;1-11,18H,17H2;1-5H. The van der Waals surface area contributed by atoms with Crippen molar-refractivity contribution in [1.82, 2.24) is 19.1 Å². The number of nitrogens with zero attached hydrogens (tertiary/aromatic N) is 4. The van der Waals surface area contributed by atoms with E-state index in [0.717, 1.165) is 94.0 Å². The van der Waals surface area contributed by atoms with E-state index < -0.39 is 0 Å². The smallest absolute Gasteiger partial charge is 0.399 e. The molecule has 0 aliphatic carbocycles. The van der Waals surface area contributed by atoms with Crippen molar-refractivity contribution >= 4 is 122 Å². The maximum Gasteiger partial charge on any atom is 0.494 e. The van der Waals surface area contributed by atoms with Crippen molar-refractivity contribution in [3.8, 4) is 34.2 Å². The summed E-state index contributed by atoms with van der Waals surface area (Å²) >= 11 is 6.78. The molecule has 1 aliphatic heterocycles. The Labute approximate surface area is 523 Å². The minimum absolute atomic E-state index is 0.362. The van der Waals surface area contributed by atoms with Crippen LogP contribution in [0.4, 0.5) is 17.1 Å². The monoisotopic (exact) mass is 1260 g/mol. The van der Waals surface area contributed by atoms with Gasteiger partial charge in [-0.15, -0.1) is 0 Å². The van der Waals surface area contributed by atoms with Gasteiger partial charge in [-0.25, -0.2) is 9.97 Å². The van der Waals surface area contributed by atoms with Crippen LogP contribution >= 0.6 is 31.9 Å². The molecule has 0 saturated carbocycles. The third-order valence-electron chi connectivity index (χ3n) is 16.0. The molecule has 14 aromatic rings. The van der Waals surface area contributed by atoms with Crippen molar-refractivity contribution in [2.24, 2.45) is 0 Å². The normalized spacial score (nSPS) is 13.1. The zero-order chi connectivity index (χ0) is 60.1. The molecule has 3 heterocycles. The SMILES string of the molecule is Brc1ccc(-c2nc3ccccc3n2-c2cccc3ccccc23)cc1.CC1(C)OB(c2ccc(-c3nc4ccccc4n3-c3cccc4ccccc34)cc2)OC1(C)C.Nc1ccccc1Nc1cccc2ccccc12.O=Cc1ccc(Br)cc1. The summed E-state index contributed by atoms with van der Waals surface area (Å²) in [4.78, 5) is 20.1. The average molecular weight is 1260 g/mol. The summed E-state index contributed by atoms with van der Waals surface area (Å²) in [5, 5.41) is 10.7. The first kappa shape index (κ1) is 58.0. The Hall–Kier alpha value is -9.43. The number of imidazole rings is 2. The van der Waals surface area contributed by atoms with Gasteiger partial charge in [0.2, 0.25) is 0 Å². The van der Waals surface area contributed by atoms with Gasteiger partial charge in [-0.05, 0) is 128 Å². The van der Waals surface area contributed by atoms with Crippen LogP contribution in [0.15, 0.2) is 282 Å². The summed E-state index contributed by atoms with van der Waals surface area (Å²) in [5.74, 6) is 1.87. The summed E-state index contributed by atoms with van der Waals surface area (Å²) in [5.41, 5.74) is 18.3. The molecule has 12 aromatic carbocycles. The molecule has 0 unspecified atom stereocenters. The zero-order valence-electron chi connectivity index (χ0n) is 48.5. The highest BCUT2D eigenvalue weighted by molar-refractivity contribution is 9.10. The Morgan fingerprint density at radius 1 is 0.437 bits per heavy atom. The van der Waals surface area contributed by atoms with E-state index in [1.54, 1.807) is 12.1 Å². The number of carbonyl (C=O) groups is 1. The van der Waals surface area contributed by atoms with E-state index >= 15 is 0 Å². The molecule has 9 nitrogen and oxygen atoms in total. The Bertz CT molecular complexity index is 4720. The van der Waals surface area contributed by atoms with Crippen LogP contribution in [-0.4, -0.2) is 43.7 Å². The molecular weight excluding hydrogens is 1200 g/mol. The maximum atomic E-state index is 10.1. The van der Waals surface area contributed by atoms with Crippen LogP contribution in [0.5, 0.6) is 0 Å². The third kappa shape index (κ3) is 12.4. The topological polar surface area (TPSA) is 109 Å². The Kier molecular flexibility index (Phi) is 16.8. The minimum atomic E-state index is -0.379. The van der Waals surface area contributed by atoms with Gasteiger partial charge in [0, 0.05) is 47.5 Å². The fourth-order valence-corrected chi connectivity index (χ4v) is 11.3. The second-order valence-corrected chi connectivity index (χ2v) is 24.0. The first-order chi connectivity index (χ1) is 42.3.